The van der Waals surface area contributed by atoms with Crippen LogP contribution in [0.15, 0.2) is 83.5 Å². The lowest BCUT2D eigenvalue weighted by Crippen LogP contribution is -2.46. The summed E-state index contributed by atoms with van der Waals surface area (Å²) in [6.07, 6.45) is -3.31. The molecule has 2 atom stereocenters. The van der Waals surface area contributed by atoms with Crippen LogP contribution in [0.25, 0.3) is 22.0 Å². The highest BCUT2D eigenvalue weighted by molar-refractivity contribution is 5.94. The standard InChI is InChI=1S/C52H60F4N8O8/c1-34-50(35(2)72-62-34)37-26-46(51(67-5)60-30-37)59-29-36-9-6-11-39(25-36)71-32-49(65)58-18-20-68-21-22-69-23-24-70-40-14-15-45(48(28-40)66-4)57-17-8-10-38-27-41-43(61-44-16-19-63(3)31-42(44)53)12-7-13-47(41)64(38)33-52(54,55)56/h6-7,9,11-15,25-28,30,42,44,57,59,61H,16-24,29,31-33H2,1-5H3,(H,58,65)/t42-,44+/m0/s1. The van der Waals surface area contributed by atoms with E-state index in [1.54, 1.807) is 61.8 Å². The van der Waals surface area contributed by atoms with Gasteiger partial charge in [0.2, 0.25) is 5.88 Å². The highest BCUT2D eigenvalue weighted by Crippen LogP contribution is 2.34. The highest BCUT2D eigenvalue weighted by atomic mass is 19.4. The number of piperidine rings is 1. The number of likely N-dealkylation sites (tertiary alicyclic amines) is 1. The number of hydrogen-bond donors (Lipinski definition) is 4. The molecular weight excluding hydrogens is 941 g/mol. The number of aromatic nitrogens is 3. The van der Waals surface area contributed by atoms with E-state index in [1.807, 2.05) is 50.1 Å². The van der Waals surface area contributed by atoms with Crippen molar-refractivity contribution in [2.75, 3.05) is 103 Å². The molecule has 0 bridgehead atoms. The van der Waals surface area contributed by atoms with Crippen LogP contribution >= 0.6 is 0 Å². The third-order valence-electron chi connectivity index (χ3n) is 11.7. The fourth-order valence-corrected chi connectivity index (χ4v) is 8.18. The molecule has 384 valence electrons. The van der Waals surface area contributed by atoms with Crippen LogP contribution in [-0.4, -0.2) is 131 Å². The number of hydrogen-bond acceptors (Lipinski definition) is 14. The zero-order valence-corrected chi connectivity index (χ0v) is 40.9. The molecular formula is C52H60F4N8O8. The third kappa shape index (κ3) is 14.7. The number of nitrogens with one attached hydrogen (secondary N) is 4. The largest absolute Gasteiger partial charge is 0.494 e. The number of benzene rings is 3. The van der Waals surface area contributed by atoms with Gasteiger partial charge in [-0.1, -0.05) is 29.3 Å². The van der Waals surface area contributed by atoms with Crippen LogP contribution in [-0.2, 0) is 27.4 Å². The number of carbonyl (C=O) groups is 1. The number of fused-ring (bicyclic) bond motifs is 1. The number of anilines is 3. The van der Waals surface area contributed by atoms with Gasteiger partial charge in [-0.25, -0.2) is 9.37 Å². The van der Waals surface area contributed by atoms with Gasteiger partial charge in [0.15, 0.2) is 6.61 Å². The highest BCUT2D eigenvalue weighted by Gasteiger charge is 2.31. The first kappa shape index (κ1) is 52.6. The number of aryl methyl sites for hydroxylation is 2. The molecule has 0 aliphatic carbocycles. The molecule has 0 radical (unpaired) electrons. The summed E-state index contributed by atoms with van der Waals surface area (Å²) >= 11 is 0. The van der Waals surface area contributed by atoms with Crippen LogP contribution in [0.5, 0.6) is 23.1 Å². The molecule has 0 spiro atoms. The van der Waals surface area contributed by atoms with E-state index in [-0.39, 0.29) is 44.5 Å². The molecule has 3 aromatic heterocycles. The van der Waals surface area contributed by atoms with Crippen molar-refractivity contribution in [1.82, 2.24) is 24.9 Å². The second kappa shape index (κ2) is 25.3. The number of pyridine rings is 1. The first-order valence-corrected chi connectivity index (χ1v) is 23.4. The number of amides is 1. The molecule has 1 fully saturated rings. The Morgan fingerprint density at radius 2 is 1.68 bits per heavy atom. The average Bonchev–Trinajstić information content (AvgIpc) is 3.89. The Balaban J connectivity index is 0.773. The van der Waals surface area contributed by atoms with Crippen molar-refractivity contribution in [2.45, 2.75) is 51.7 Å². The SMILES string of the molecule is COc1cc(OCCOCCOCCNC(=O)COc2cccc(CNc3cc(-c4c(C)noc4C)cnc3OC)c2)ccc1NCC#Cc1cc2c(N[C@@H]3CCN(C)C[C@@H]3F)cccc2n1CC(F)(F)F. The van der Waals surface area contributed by atoms with Gasteiger partial charge in [-0.15, -0.1) is 0 Å². The summed E-state index contributed by atoms with van der Waals surface area (Å²) in [6, 6.07) is 20.8. The van der Waals surface area contributed by atoms with Gasteiger partial charge in [0.1, 0.15) is 42.3 Å². The van der Waals surface area contributed by atoms with E-state index in [2.05, 4.69) is 43.2 Å². The van der Waals surface area contributed by atoms with Gasteiger partial charge in [0.05, 0.1) is 81.5 Å². The Kier molecular flexibility index (Phi) is 18.5. The molecule has 1 amide bonds. The van der Waals surface area contributed by atoms with E-state index in [9.17, 15) is 22.4 Å². The minimum Gasteiger partial charge on any atom is -0.494 e. The molecule has 72 heavy (non-hydrogen) atoms. The van der Waals surface area contributed by atoms with Crippen molar-refractivity contribution < 1.29 is 55.3 Å². The van der Waals surface area contributed by atoms with Crippen LogP contribution in [0.3, 0.4) is 0 Å². The normalized spacial score (nSPS) is 14.8. The summed E-state index contributed by atoms with van der Waals surface area (Å²) in [7, 11) is 4.93. The van der Waals surface area contributed by atoms with Crippen LogP contribution in [0.4, 0.5) is 34.6 Å². The lowest BCUT2D eigenvalue weighted by Gasteiger charge is -2.33. The topological polar surface area (TPSA) is 168 Å². The average molecular weight is 1000 g/mol. The minimum atomic E-state index is -4.48. The fourth-order valence-electron chi connectivity index (χ4n) is 8.18. The third-order valence-corrected chi connectivity index (χ3v) is 11.7. The molecule has 0 saturated carbocycles. The summed E-state index contributed by atoms with van der Waals surface area (Å²) in [6.45, 7) is 5.69. The number of nitrogens with zero attached hydrogens (tertiary/aromatic N) is 4. The van der Waals surface area contributed by atoms with E-state index >= 15 is 0 Å². The Morgan fingerprint density at radius 1 is 0.889 bits per heavy atom. The Morgan fingerprint density at radius 3 is 2.44 bits per heavy atom. The second-order valence-corrected chi connectivity index (χ2v) is 17.0. The van der Waals surface area contributed by atoms with E-state index in [0.29, 0.717) is 103 Å². The van der Waals surface area contributed by atoms with E-state index < -0.39 is 24.9 Å². The van der Waals surface area contributed by atoms with Crippen molar-refractivity contribution in [3.8, 4) is 46.1 Å². The van der Waals surface area contributed by atoms with Crippen LogP contribution < -0.4 is 40.2 Å². The molecule has 3 aromatic carbocycles. The molecule has 16 nitrogen and oxygen atoms in total. The van der Waals surface area contributed by atoms with Gasteiger partial charge < -0.3 is 63.7 Å². The lowest BCUT2D eigenvalue weighted by molar-refractivity contribution is -0.140. The summed E-state index contributed by atoms with van der Waals surface area (Å²) in [5.41, 5.74) is 5.86. The fraction of sp³-hybridized carbons (Fsp3) is 0.404. The Bertz CT molecular complexity index is 2790. The maximum absolute atomic E-state index is 14.9. The second-order valence-electron chi connectivity index (χ2n) is 17.0. The van der Waals surface area contributed by atoms with Gasteiger partial charge in [-0.3, -0.25) is 4.79 Å². The van der Waals surface area contributed by atoms with Gasteiger partial charge in [-0.05, 0) is 87.3 Å². The van der Waals surface area contributed by atoms with Crippen molar-refractivity contribution in [1.29, 1.82) is 0 Å². The Labute approximate surface area is 415 Å². The minimum absolute atomic E-state index is 0.110. The summed E-state index contributed by atoms with van der Waals surface area (Å²) in [5.74, 6) is 8.27. The number of rotatable bonds is 24. The van der Waals surface area contributed by atoms with E-state index in [1.165, 1.54) is 7.11 Å². The molecule has 4 heterocycles. The van der Waals surface area contributed by atoms with Crippen molar-refractivity contribution in [2.24, 2.45) is 0 Å². The van der Waals surface area contributed by atoms with Gasteiger partial charge in [0, 0.05) is 60.6 Å². The van der Waals surface area contributed by atoms with Crippen molar-refractivity contribution in [3.63, 3.8) is 0 Å². The lowest BCUT2D eigenvalue weighted by atomic mass is 10.0. The number of ether oxygens (including phenoxy) is 6. The van der Waals surface area contributed by atoms with E-state index in [0.717, 1.165) is 27.0 Å². The maximum atomic E-state index is 14.9. The smallest absolute Gasteiger partial charge is 0.406 e. The number of carbonyl (C=O) groups excluding carboxylic acids is 1. The molecule has 0 unspecified atom stereocenters. The van der Waals surface area contributed by atoms with Crippen molar-refractivity contribution >= 4 is 33.9 Å². The molecule has 1 aliphatic heterocycles. The summed E-state index contributed by atoms with van der Waals surface area (Å²) in [5, 5.41) is 17.1. The quantitative estimate of drug-likeness (QED) is 0.0262. The predicted molar refractivity (Wildman–Crippen MR) is 266 cm³/mol. The van der Waals surface area contributed by atoms with Gasteiger partial charge in [-0.2, -0.15) is 13.2 Å². The molecule has 1 saturated heterocycles. The Hall–Kier alpha value is -7.21. The van der Waals surface area contributed by atoms with Crippen molar-refractivity contribution in [3.05, 3.63) is 102 Å². The molecule has 7 rings (SSSR count). The zero-order chi connectivity index (χ0) is 51.0. The maximum Gasteiger partial charge on any atom is 0.406 e. The summed E-state index contributed by atoms with van der Waals surface area (Å²) in [4.78, 5) is 18.8. The van der Waals surface area contributed by atoms with Crippen LogP contribution in [0, 0.1) is 25.7 Å². The van der Waals surface area contributed by atoms with Gasteiger partial charge in [0.25, 0.3) is 5.91 Å². The predicted octanol–water partition coefficient (Wildman–Crippen LogP) is 8.02. The number of halogens is 4. The monoisotopic (exact) mass is 1000 g/mol. The van der Waals surface area contributed by atoms with Gasteiger partial charge >= 0.3 is 6.18 Å². The first-order chi connectivity index (χ1) is 34.8. The zero-order valence-electron chi connectivity index (χ0n) is 40.9. The number of alkyl halides is 4. The van der Waals surface area contributed by atoms with E-state index in [4.69, 9.17) is 32.9 Å². The number of methoxy groups -OCH3 is 2. The van der Waals surface area contributed by atoms with Crippen LogP contribution in [0.2, 0.25) is 0 Å². The molecule has 1 aliphatic rings. The first-order valence-electron chi connectivity index (χ1n) is 23.4. The van der Waals surface area contributed by atoms with Crippen LogP contribution in [0.1, 0.15) is 29.1 Å². The molecule has 6 aromatic rings. The molecule has 4 N–H and O–H groups in total. The summed E-state index contributed by atoms with van der Waals surface area (Å²) < 4.78 is 96.4. The molecule has 20 heteroatoms.